The van der Waals surface area contributed by atoms with Gasteiger partial charge in [-0.2, -0.15) is 0 Å². The number of nitrogens with zero attached hydrogens (tertiary/aromatic N) is 2. The summed E-state index contributed by atoms with van der Waals surface area (Å²) in [5.41, 5.74) is 9.66. The Morgan fingerprint density at radius 3 is 1.51 bits per heavy atom. The second kappa shape index (κ2) is 10.3. The first kappa shape index (κ1) is 25.5. The minimum absolute atomic E-state index is 0.932. The van der Waals surface area contributed by atoms with Crippen molar-refractivity contribution in [3.05, 3.63) is 170 Å². The lowest BCUT2D eigenvalue weighted by atomic mass is 9.95. The average molecular weight is 573 g/mol. The van der Waals surface area contributed by atoms with Gasteiger partial charge in [0, 0.05) is 17.0 Å². The molecule has 2 nitrogen and oxygen atoms in total. The molecule has 0 fully saturated rings. The predicted molar refractivity (Wildman–Crippen MR) is 190 cm³/mol. The van der Waals surface area contributed by atoms with Crippen LogP contribution >= 0.6 is 0 Å². The van der Waals surface area contributed by atoms with E-state index in [1.165, 1.54) is 71.2 Å². The zero-order valence-corrected chi connectivity index (χ0v) is 24.6. The summed E-state index contributed by atoms with van der Waals surface area (Å²) in [6.45, 7) is 0. The van der Waals surface area contributed by atoms with E-state index < -0.39 is 0 Å². The number of rotatable bonds is 4. The zero-order valence-electron chi connectivity index (χ0n) is 24.6. The number of para-hydroxylation sites is 1. The molecule has 0 amide bonds. The molecule has 2 heterocycles. The Hall–Kier alpha value is -5.99. The van der Waals surface area contributed by atoms with Gasteiger partial charge in [-0.25, -0.2) is 4.98 Å². The summed E-state index contributed by atoms with van der Waals surface area (Å²) in [4.78, 5) is 4.65. The lowest BCUT2D eigenvalue weighted by Gasteiger charge is -2.09. The highest BCUT2D eigenvalue weighted by molar-refractivity contribution is 6.10. The van der Waals surface area contributed by atoms with Gasteiger partial charge < -0.3 is 0 Å². The summed E-state index contributed by atoms with van der Waals surface area (Å²) < 4.78 is 2.25. The topological polar surface area (TPSA) is 17.8 Å². The van der Waals surface area contributed by atoms with Crippen LogP contribution < -0.4 is 0 Å². The first-order chi connectivity index (χ1) is 22.3. The Bertz CT molecular complexity index is 2520. The molecular formula is C43H28N2. The fraction of sp³-hybridized carbons (Fsp3) is 0. The molecule has 45 heavy (non-hydrogen) atoms. The lowest BCUT2D eigenvalue weighted by molar-refractivity contribution is 1.08. The van der Waals surface area contributed by atoms with Gasteiger partial charge in [0.1, 0.15) is 5.82 Å². The van der Waals surface area contributed by atoms with Crippen molar-refractivity contribution >= 4 is 43.4 Å². The Morgan fingerprint density at radius 1 is 0.333 bits per heavy atom. The van der Waals surface area contributed by atoms with Crippen LogP contribution in [-0.4, -0.2) is 9.55 Å². The van der Waals surface area contributed by atoms with Crippen LogP contribution in [0, 0.1) is 0 Å². The zero-order chi connectivity index (χ0) is 29.7. The second-order valence-corrected chi connectivity index (χ2v) is 11.7. The number of benzene rings is 7. The second-order valence-electron chi connectivity index (χ2n) is 11.7. The lowest BCUT2D eigenvalue weighted by Crippen LogP contribution is -1.95. The molecule has 0 radical (unpaired) electrons. The van der Waals surface area contributed by atoms with Crippen molar-refractivity contribution in [3.63, 3.8) is 0 Å². The number of pyridine rings is 1. The molecule has 0 saturated carbocycles. The molecule has 210 valence electrons. The standard InChI is InChI=1S/C43H28N2/c1-2-8-32-25-34(17-16-29(32)7-1)37-21-20-35-26-33(18-19-36(35)27-37)30-12-14-31(15-13-30)38-22-23-42-40(28-38)39-9-3-4-10-41(39)45(42)43-11-5-6-24-44-43/h1-28H. The molecule has 0 aliphatic rings. The molecule has 0 aliphatic heterocycles. The highest BCUT2D eigenvalue weighted by Gasteiger charge is 2.14. The van der Waals surface area contributed by atoms with Crippen molar-refractivity contribution in [1.82, 2.24) is 9.55 Å². The Balaban J connectivity index is 1.04. The quantitative estimate of drug-likeness (QED) is 0.205. The third kappa shape index (κ3) is 4.39. The third-order valence-electron chi connectivity index (χ3n) is 9.03. The van der Waals surface area contributed by atoms with Crippen LogP contribution in [0.3, 0.4) is 0 Å². The maximum Gasteiger partial charge on any atom is 0.137 e. The van der Waals surface area contributed by atoms with E-state index >= 15 is 0 Å². The number of fused-ring (bicyclic) bond motifs is 5. The van der Waals surface area contributed by atoms with Crippen molar-refractivity contribution in [2.24, 2.45) is 0 Å². The van der Waals surface area contributed by atoms with Crippen LogP contribution in [0.15, 0.2) is 170 Å². The van der Waals surface area contributed by atoms with Gasteiger partial charge in [0.05, 0.1) is 11.0 Å². The molecule has 2 heteroatoms. The smallest absolute Gasteiger partial charge is 0.137 e. The Labute approximate surface area is 261 Å². The molecule has 2 aromatic heterocycles. The van der Waals surface area contributed by atoms with Crippen molar-refractivity contribution in [2.45, 2.75) is 0 Å². The van der Waals surface area contributed by atoms with Gasteiger partial charge in [0.2, 0.25) is 0 Å². The van der Waals surface area contributed by atoms with Crippen molar-refractivity contribution in [2.75, 3.05) is 0 Å². The van der Waals surface area contributed by atoms with Crippen LogP contribution in [0.2, 0.25) is 0 Å². The third-order valence-corrected chi connectivity index (χ3v) is 9.03. The van der Waals surface area contributed by atoms with Crippen LogP contribution in [0.25, 0.3) is 82.5 Å². The van der Waals surface area contributed by atoms with Crippen LogP contribution in [0.1, 0.15) is 0 Å². The van der Waals surface area contributed by atoms with E-state index in [9.17, 15) is 0 Å². The van der Waals surface area contributed by atoms with Gasteiger partial charge in [-0.05, 0) is 103 Å². The van der Waals surface area contributed by atoms with Gasteiger partial charge in [0.15, 0.2) is 0 Å². The van der Waals surface area contributed by atoms with Crippen LogP contribution in [0.4, 0.5) is 0 Å². The summed E-state index contributed by atoms with van der Waals surface area (Å²) in [6.07, 6.45) is 1.85. The largest absolute Gasteiger partial charge is 0.294 e. The SMILES string of the molecule is c1ccc(-n2c3ccccc3c3cc(-c4ccc(-c5ccc6cc(-c7ccc8ccccc8c7)ccc6c5)cc4)ccc32)nc1. The minimum atomic E-state index is 0.932. The molecule has 0 bridgehead atoms. The van der Waals surface area contributed by atoms with E-state index in [1.807, 2.05) is 18.3 Å². The molecule has 0 unspecified atom stereocenters. The highest BCUT2D eigenvalue weighted by atomic mass is 15.1. The summed E-state index contributed by atoms with van der Waals surface area (Å²) >= 11 is 0. The number of hydrogen-bond donors (Lipinski definition) is 0. The Kier molecular flexibility index (Phi) is 5.85. The summed E-state index contributed by atoms with van der Waals surface area (Å²) in [7, 11) is 0. The first-order valence-corrected chi connectivity index (χ1v) is 15.4. The van der Waals surface area contributed by atoms with Crippen LogP contribution in [-0.2, 0) is 0 Å². The van der Waals surface area contributed by atoms with E-state index in [4.69, 9.17) is 0 Å². The molecule has 0 aliphatic carbocycles. The summed E-state index contributed by atoms with van der Waals surface area (Å²) in [6, 6.07) is 59.2. The summed E-state index contributed by atoms with van der Waals surface area (Å²) in [5.74, 6) is 0.932. The van der Waals surface area contributed by atoms with E-state index in [2.05, 4.69) is 161 Å². The summed E-state index contributed by atoms with van der Waals surface area (Å²) in [5, 5.41) is 7.50. The van der Waals surface area contributed by atoms with E-state index in [0.717, 1.165) is 11.3 Å². The average Bonchev–Trinajstić information content (AvgIpc) is 3.45. The maximum atomic E-state index is 4.65. The molecule has 9 aromatic rings. The molecule has 9 rings (SSSR count). The maximum absolute atomic E-state index is 4.65. The van der Waals surface area contributed by atoms with Crippen molar-refractivity contribution in [3.8, 4) is 39.2 Å². The monoisotopic (exact) mass is 572 g/mol. The predicted octanol–water partition coefficient (Wildman–Crippen LogP) is 11.5. The van der Waals surface area contributed by atoms with Gasteiger partial charge in [-0.3, -0.25) is 4.57 Å². The molecule has 0 saturated heterocycles. The molecule has 0 spiro atoms. The normalized spacial score (nSPS) is 11.6. The minimum Gasteiger partial charge on any atom is -0.294 e. The van der Waals surface area contributed by atoms with Gasteiger partial charge >= 0.3 is 0 Å². The number of aromatic nitrogens is 2. The van der Waals surface area contributed by atoms with E-state index in [-0.39, 0.29) is 0 Å². The fourth-order valence-electron chi connectivity index (χ4n) is 6.71. The van der Waals surface area contributed by atoms with Gasteiger partial charge in [-0.15, -0.1) is 0 Å². The van der Waals surface area contributed by atoms with Gasteiger partial charge in [-0.1, -0.05) is 115 Å². The highest BCUT2D eigenvalue weighted by Crippen LogP contribution is 2.35. The molecule has 0 atom stereocenters. The van der Waals surface area contributed by atoms with Crippen molar-refractivity contribution < 1.29 is 0 Å². The first-order valence-electron chi connectivity index (χ1n) is 15.4. The molecule has 0 N–H and O–H groups in total. The number of hydrogen-bond acceptors (Lipinski definition) is 1. The molecule has 7 aromatic carbocycles. The van der Waals surface area contributed by atoms with Crippen molar-refractivity contribution in [1.29, 1.82) is 0 Å². The van der Waals surface area contributed by atoms with E-state index in [1.54, 1.807) is 0 Å². The molecular weight excluding hydrogens is 544 g/mol. The van der Waals surface area contributed by atoms with Gasteiger partial charge in [0.25, 0.3) is 0 Å². The Morgan fingerprint density at radius 2 is 0.822 bits per heavy atom. The van der Waals surface area contributed by atoms with E-state index in [0.29, 0.717) is 0 Å². The van der Waals surface area contributed by atoms with Crippen LogP contribution in [0.5, 0.6) is 0 Å². The fourth-order valence-corrected chi connectivity index (χ4v) is 6.71.